The van der Waals surface area contributed by atoms with Crippen LogP contribution in [0.2, 0.25) is 0 Å². The molecular formula is C59H36N6. The molecule has 13 rings (SSSR count). The molecule has 65 heavy (non-hydrogen) atoms. The Kier molecular flexibility index (Phi) is 7.85. The fourth-order valence-corrected chi connectivity index (χ4v) is 10.8. The maximum atomic E-state index is 12.4. The molecule has 0 aliphatic heterocycles. The Balaban J connectivity index is 1.37. The lowest BCUT2D eigenvalue weighted by Crippen LogP contribution is -2.16. The van der Waals surface area contributed by atoms with Crippen LogP contribution in [0.3, 0.4) is 0 Å². The maximum Gasteiger partial charge on any atom is 0.104 e. The molecule has 0 unspecified atom stereocenters. The Bertz CT molecular complexity index is 4110. The molecule has 6 nitrogen and oxygen atoms in total. The summed E-state index contributed by atoms with van der Waals surface area (Å²) < 4.78 is 8.95. The number of hydrogen-bond donors (Lipinski definition) is 0. The third-order valence-corrected chi connectivity index (χ3v) is 13.4. The number of fused-ring (bicyclic) bond motifs is 12. The third-order valence-electron chi connectivity index (χ3n) is 13.4. The lowest BCUT2D eigenvalue weighted by atomic mass is 9.98. The summed E-state index contributed by atoms with van der Waals surface area (Å²) in [7, 11) is 0. The number of para-hydroxylation sites is 7. The van der Waals surface area contributed by atoms with Crippen molar-refractivity contribution in [1.82, 2.24) is 18.3 Å². The van der Waals surface area contributed by atoms with Gasteiger partial charge in [0.1, 0.15) is 23.3 Å². The van der Waals surface area contributed by atoms with E-state index in [9.17, 15) is 10.5 Å². The van der Waals surface area contributed by atoms with Gasteiger partial charge in [0.05, 0.1) is 66.9 Å². The summed E-state index contributed by atoms with van der Waals surface area (Å²) in [6, 6.07) is 71.1. The smallest absolute Gasteiger partial charge is 0.104 e. The van der Waals surface area contributed by atoms with Crippen LogP contribution >= 0.6 is 0 Å². The van der Waals surface area contributed by atoms with Crippen LogP contribution < -0.4 is 0 Å². The standard InChI is InChI=1S/C59H36N6/c1-2-17-37-32-33-55-45(34-37)44-24-9-16-31-54(44)65(55)59-47(36-61)57(63-50-27-12-5-20-40(50)41-21-6-13-28-51(41)63)56(62-48-25-10-3-18-38(48)39-19-4-11-26-49(39)62)46(35-60)58(59)64-52-29-14-7-22-42(52)43-23-8-15-30-53(43)64/h2-16,18-34H,1,17H2. The molecule has 0 fully saturated rings. The van der Waals surface area contributed by atoms with Gasteiger partial charge in [0.25, 0.3) is 0 Å². The summed E-state index contributed by atoms with van der Waals surface area (Å²) >= 11 is 0. The van der Waals surface area contributed by atoms with Crippen LogP contribution in [0.4, 0.5) is 0 Å². The van der Waals surface area contributed by atoms with E-state index in [1.807, 2.05) is 6.08 Å². The molecular weight excluding hydrogens is 793 g/mol. The minimum absolute atomic E-state index is 0.432. The van der Waals surface area contributed by atoms with Crippen molar-refractivity contribution in [1.29, 1.82) is 10.5 Å². The summed E-state index contributed by atoms with van der Waals surface area (Å²) in [5, 5.41) is 33.2. The Morgan fingerprint density at radius 2 is 0.585 bits per heavy atom. The fraction of sp³-hybridized carbons (Fsp3) is 0.0169. The van der Waals surface area contributed by atoms with E-state index in [-0.39, 0.29) is 0 Å². The average Bonchev–Trinajstić information content (AvgIpc) is 4.08. The topological polar surface area (TPSA) is 67.3 Å². The highest BCUT2D eigenvalue weighted by Gasteiger charge is 2.34. The van der Waals surface area contributed by atoms with Gasteiger partial charge in [-0.25, -0.2) is 0 Å². The van der Waals surface area contributed by atoms with Gasteiger partial charge in [-0.3, -0.25) is 0 Å². The van der Waals surface area contributed by atoms with Gasteiger partial charge >= 0.3 is 0 Å². The van der Waals surface area contributed by atoms with E-state index in [2.05, 4.69) is 225 Å². The van der Waals surface area contributed by atoms with Crippen LogP contribution in [0, 0.1) is 22.7 Å². The molecule has 0 amide bonds. The SMILES string of the molecule is C=CCc1ccc2c(c1)c1ccccc1n2-c1c(C#N)c(-n2c3ccccc3c3ccccc32)c(-n2c3ccccc3c3ccccc32)c(C#N)c1-n1c2ccccc2c2ccccc21. The number of rotatable bonds is 6. The van der Waals surface area contributed by atoms with Gasteiger partial charge in [-0.15, -0.1) is 6.58 Å². The summed E-state index contributed by atoms with van der Waals surface area (Å²) in [4.78, 5) is 0. The number of hydrogen-bond acceptors (Lipinski definition) is 2. The zero-order valence-electron chi connectivity index (χ0n) is 35.1. The van der Waals surface area contributed by atoms with Crippen molar-refractivity contribution in [2.75, 3.05) is 0 Å². The summed E-state index contributed by atoms with van der Waals surface area (Å²) in [6.45, 7) is 4.05. The van der Waals surface area contributed by atoms with Gasteiger partial charge in [0.15, 0.2) is 0 Å². The summed E-state index contributed by atoms with van der Waals surface area (Å²) in [5.74, 6) is 0. The van der Waals surface area contributed by atoms with Gasteiger partial charge in [0.2, 0.25) is 0 Å². The molecule has 0 saturated carbocycles. The number of benzene rings is 9. The van der Waals surface area contributed by atoms with Crippen LogP contribution in [0.5, 0.6) is 0 Å². The molecule has 9 aromatic carbocycles. The highest BCUT2D eigenvalue weighted by atomic mass is 15.1. The first kappa shape index (κ1) is 36.5. The average molecular weight is 829 g/mol. The summed E-state index contributed by atoms with van der Waals surface area (Å²) in [6.07, 6.45) is 2.65. The Labute approximate surface area is 373 Å². The van der Waals surface area contributed by atoms with Crippen molar-refractivity contribution in [3.63, 3.8) is 0 Å². The largest absolute Gasteiger partial charge is 0.306 e. The number of nitrogens with zero attached hydrogens (tertiary/aromatic N) is 6. The van der Waals surface area contributed by atoms with Gasteiger partial charge in [-0.2, -0.15) is 10.5 Å². The molecule has 0 N–H and O–H groups in total. The second-order valence-electron chi connectivity index (χ2n) is 16.7. The minimum Gasteiger partial charge on any atom is -0.306 e. The molecule has 0 saturated heterocycles. The predicted octanol–water partition coefficient (Wildman–Crippen LogP) is 14.5. The molecule has 0 radical (unpaired) electrons. The van der Waals surface area contributed by atoms with E-state index in [0.717, 1.165) is 99.2 Å². The zero-order chi connectivity index (χ0) is 43.3. The van der Waals surface area contributed by atoms with Crippen molar-refractivity contribution >= 4 is 87.2 Å². The number of allylic oxidation sites excluding steroid dienone is 1. The molecule has 0 spiro atoms. The van der Waals surface area contributed by atoms with Gasteiger partial charge in [0, 0.05) is 43.1 Å². The van der Waals surface area contributed by atoms with Crippen LogP contribution in [0.25, 0.3) is 110 Å². The van der Waals surface area contributed by atoms with E-state index in [0.29, 0.717) is 33.9 Å². The van der Waals surface area contributed by atoms with Crippen molar-refractivity contribution < 1.29 is 0 Å². The molecule has 0 atom stereocenters. The molecule has 0 aliphatic carbocycles. The van der Waals surface area contributed by atoms with Crippen molar-refractivity contribution in [3.8, 4) is 34.9 Å². The van der Waals surface area contributed by atoms with E-state index in [1.165, 1.54) is 0 Å². The highest BCUT2D eigenvalue weighted by Crippen LogP contribution is 2.48. The molecule has 13 aromatic rings. The molecule has 0 bridgehead atoms. The Morgan fingerprint density at radius 1 is 0.338 bits per heavy atom. The Hall–Kier alpha value is -9.10. The highest BCUT2D eigenvalue weighted by molar-refractivity contribution is 6.15. The molecule has 6 heteroatoms. The summed E-state index contributed by atoms with van der Waals surface area (Å²) in [5.41, 5.74) is 12.0. The lowest BCUT2D eigenvalue weighted by Gasteiger charge is -2.27. The Morgan fingerprint density at radius 3 is 0.846 bits per heavy atom. The van der Waals surface area contributed by atoms with E-state index in [1.54, 1.807) is 0 Å². The quantitative estimate of drug-likeness (QED) is 0.157. The van der Waals surface area contributed by atoms with Crippen molar-refractivity contribution in [2.45, 2.75) is 6.42 Å². The normalized spacial score (nSPS) is 11.8. The van der Waals surface area contributed by atoms with Crippen LogP contribution in [0.1, 0.15) is 16.7 Å². The number of nitriles is 2. The molecule has 4 heterocycles. The first-order valence-electron chi connectivity index (χ1n) is 21.8. The first-order valence-corrected chi connectivity index (χ1v) is 21.8. The molecule has 4 aromatic heterocycles. The monoisotopic (exact) mass is 828 g/mol. The lowest BCUT2D eigenvalue weighted by molar-refractivity contribution is 1.02. The second kappa shape index (κ2) is 14.0. The molecule has 0 aliphatic rings. The predicted molar refractivity (Wildman–Crippen MR) is 267 cm³/mol. The second-order valence-corrected chi connectivity index (χ2v) is 16.7. The van der Waals surface area contributed by atoms with E-state index >= 15 is 0 Å². The third kappa shape index (κ3) is 4.97. The molecule has 302 valence electrons. The first-order chi connectivity index (χ1) is 32.2. The van der Waals surface area contributed by atoms with E-state index < -0.39 is 0 Å². The van der Waals surface area contributed by atoms with E-state index in [4.69, 9.17) is 0 Å². The van der Waals surface area contributed by atoms with Crippen molar-refractivity contribution in [2.24, 2.45) is 0 Å². The number of aromatic nitrogens is 4. The van der Waals surface area contributed by atoms with Crippen LogP contribution in [0.15, 0.2) is 201 Å². The zero-order valence-corrected chi connectivity index (χ0v) is 35.1. The van der Waals surface area contributed by atoms with Gasteiger partial charge in [-0.05, 0) is 66.6 Å². The van der Waals surface area contributed by atoms with Crippen molar-refractivity contribution in [3.05, 3.63) is 217 Å². The van der Waals surface area contributed by atoms with Crippen LogP contribution in [-0.2, 0) is 6.42 Å². The fourth-order valence-electron chi connectivity index (χ4n) is 10.8. The van der Waals surface area contributed by atoms with Gasteiger partial charge < -0.3 is 18.3 Å². The maximum absolute atomic E-state index is 12.4. The van der Waals surface area contributed by atoms with Gasteiger partial charge in [-0.1, -0.05) is 140 Å². The van der Waals surface area contributed by atoms with Crippen LogP contribution in [-0.4, -0.2) is 18.3 Å². The minimum atomic E-state index is 0.432.